The molecular formula is C14H20N2O. The highest BCUT2D eigenvalue weighted by Crippen LogP contribution is 2.33. The van der Waals surface area contributed by atoms with Crippen LogP contribution in [0.4, 0.5) is 5.69 Å². The third-order valence-corrected chi connectivity index (χ3v) is 3.47. The highest BCUT2D eigenvalue weighted by Gasteiger charge is 2.36. The lowest BCUT2D eigenvalue weighted by molar-refractivity contribution is 0.101. The van der Waals surface area contributed by atoms with Crippen molar-refractivity contribution in [2.75, 3.05) is 11.4 Å². The first kappa shape index (κ1) is 12.1. The minimum atomic E-state index is 0.0643. The lowest BCUT2D eigenvalue weighted by atomic mass is 10.00. The van der Waals surface area contributed by atoms with Gasteiger partial charge in [0.2, 0.25) is 0 Å². The molecule has 0 aromatic heterocycles. The molecule has 0 amide bonds. The van der Waals surface area contributed by atoms with Crippen molar-refractivity contribution in [1.82, 2.24) is 0 Å². The Morgan fingerprint density at radius 1 is 1.47 bits per heavy atom. The van der Waals surface area contributed by atoms with Gasteiger partial charge in [0.05, 0.1) is 0 Å². The summed E-state index contributed by atoms with van der Waals surface area (Å²) in [6.07, 6.45) is 0.983. The molecule has 1 aliphatic heterocycles. The first-order valence-corrected chi connectivity index (χ1v) is 6.04. The predicted octanol–water partition coefficient (Wildman–Crippen LogP) is 2.21. The van der Waals surface area contributed by atoms with Gasteiger partial charge >= 0.3 is 0 Å². The van der Waals surface area contributed by atoms with E-state index in [1.165, 1.54) is 0 Å². The van der Waals surface area contributed by atoms with Crippen molar-refractivity contribution in [2.24, 2.45) is 5.73 Å². The number of carbonyl (C=O) groups excluding carboxylic acids is 1. The second kappa shape index (κ2) is 4.15. The maximum Gasteiger partial charge on any atom is 0.159 e. The number of carbonyl (C=O) groups is 1. The Balaban J connectivity index is 2.34. The van der Waals surface area contributed by atoms with Crippen LogP contribution in [0.25, 0.3) is 0 Å². The minimum Gasteiger partial charge on any atom is -0.365 e. The van der Waals surface area contributed by atoms with E-state index in [1.807, 2.05) is 24.3 Å². The van der Waals surface area contributed by atoms with Crippen molar-refractivity contribution in [3.05, 3.63) is 29.8 Å². The largest absolute Gasteiger partial charge is 0.365 e. The Hall–Kier alpha value is -1.35. The molecule has 1 atom stereocenters. The fraction of sp³-hybridized carbons (Fsp3) is 0.500. The summed E-state index contributed by atoms with van der Waals surface area (Å²) in [6.45, 7) is 6.84. The molecule has 1 heterocycles. The average Bonchev–Trinajstić information content (AvgIpc) is 2.52. The van der Waals surface area contributed by atoms with Crippen molar-refractivity contribution in [1.29, 1.82) is 0 Å². The van der Waals surface area contributed by atoms with Crippen LogP contribution >= 0.6 is 0 Å². The third-order valence-electron chi connectivity index (χ3n) is 3.47. The van der Waals surface area contributed by atoms with Crippen molar-refractivity contribution >= 4 is 11.5 Å². The third kappa shape index (κ3) is 2.34. The van der Waals surface area contributed by atoms with Gasteiger partial charge in [0.25, 0.3) is 0 Å². The molecule has 1 aromatic rings. The second-order valence-electron chi connectivity index (χ2n) is 5.49. The number of nitrogens with zero attached hydrogens (tertiary/aromatic N) is 1. The van der Waals surface area contributed by atoms with E-state index in [9.17, 15) is 4.79 Å². The molecular weight excluding hydrogens is 212 g/mol. The maximum atomic E-state index is 11.4. The molecule has 0 spiro atoms. The monoisotopic (exact) mass is 232 g/mol. The molecule has 0 bridgehead atoms. The van der Waals surface area contributed by atoms with Gasteiger partial charge in [-0.2, -0.15) is 0 Å². The summed E-state index contributed by atoms with van der Waals surface area (Å²) >= 11 is 0. The van der Waals surface area contributed by atoms with Crippen molar-refractivity contribution < 1.29 is 4.79 Å². The summed E-state index contributed by atoms with van der Waals surface area (Å²) in [4.78, 5) is 13.7. The molecule has 17 heavy (non-hydrogen) atoms. The molecule has 2 N–H and O–H groups in total. The van der Waals surface area contributed by atoms with Crippen LogP contribution in [0.2, 0.25) is 0 Å². The lowest BCUT2D eigenvalue weighted by Crippen LogP contribution is -2.38. The molecule has 1 fully saturated rings. The lowest BCUT2D eigenvalue weighted by Gasteiger charge is -2.33. The van der Waals surface area contributed by atoms with E-state index in [1.54, 1.807) is 6.92 Å². The number of anilines is 1. The molecule has 0 saturated carbocycles. The van der Waals surface area contributed by atoms with Gasteiger partial charge < -0.3 is 10.6 Å². The number of hydrogen-bond acceptors (Lipinski definition) is 3. The summed E-state index contributed by atoms with van der Waals surface area (Å²) in [5.41, 5.74) is 7.95. The van der Waals surface area contributed by atoms with Crippen LogP contribution in [0, 0.1) is 0 Å². The second-order valence-corrected chi connectivity index (χ2v) is 5.49. The number of benzene rings is 1. The molecule has 1 aromatic carbocycles. The van der Waals surface area contributed by atoms with Crippen LogP contribution < -0.4 is 10.6 Å². The number of Topliss-reactive ketones (excluding diaryl/α,β-unsaturated/α-hetero) is 1. The normalized spacial score (nSPS) is 22.8. The van der Waals surface area contributed by atoms with Crippen LogP contribution in [0.3, 0.4) is 0 Å². The summed E-state index contributed by atoms with van der Waals surface area (Å²) < 4.78 is 0. The van der Waals surface area contributed by atoms with Gasteiger partial charge in [-0.3, -0.25) is 4.79 Å². The zero-order valence-electron chi connectivity index (χ0n) is 10.7. The van der Waals surface area contributed by atoms with Crippen molar-refractivity contribution in [2.45, 2.75) is 38.8 Å². The van der Waals surface area contributed by atoms with Crippen LogP contribution in [0.15, 0.2) is 24.3 Å². The van der Waals surface area contributed by atoms with E-state index in [4.69, 9.17) is 5.73 Å². The van der Waals surface area contributed by atoms with E-state index >= 15 is 0 Å². The Morgan fingerprint density at radius 3 is 2.71 bits per heavy atom. The van der Waals surface area contributed by atoms with E-state index in [-0.39, 0.29) is 17.4 Å². The molecule has 2 rings (SSSR count). The summed E-state index contributed by atoms with van der Waals surface area (Å²) in [6, 6.07) is 8.01. The number of rotatable bonds is 2. The number of ketones is 1. The smallest absolute Gasteiger partial charge is 0.159 e. The molecule has 1 unspecified atom stereocenters. The number of nitrogens with two attached hydrogens (primary N) is 1. The average molecular weight is 232 g/mol. The molecule has 1 saturated heterocycles. The Bertz CT molecular complexity index is 440. The van der Waals surface area contributed by atoms with Crippen LogP contribution in [0.5, 0.6) is 0 Å². The van der Waals surface area contributed by atoms with E-state index < -0.39 is 0 Å². The predicted molar refractivity (Wildman–Crippen MR) is 70.5 cm³/mol. The maximum absolute atomic E-state index is 11.4. The number of hydrogen-bond donors (Lipinski definition) is 1. The summed E-state index contributed by atoms with van der Waals surface area (Å²) in [5, 5.41) is 0. The summed E-state index contributed by atoms with van der Waals surface area (Å²) in [7, 11) is 0. The Morgan fingerprint density at radius 2 is 2.18 bits per heavy atom. The van der Waals surface area contributed by atoms with Crippen LogP contribution in [-0.4, -0.2) is 23.9 Å². The van der Waals surface area contributed by atoms with Crippen molar-refractivity contribution in [3.63, 3.8) is 0 Å². The zero-order valence-corrected chi connectivity index (χ0v) is 10.7. The van der Waals surface area contributed by atoms with E-state index in [0.29, 0.717) is 0 Å². The Labute approximate surface area is 103 Å². The first-order valence-electron chi connectivity index (χ1n) is 6.04. The van der Waals surface area contributed by atoms with Gasteiger partial charge in [0.1, 0.15) is 0 Å². The first-order chi connectivity index (χ1) is 7.90. The standard InChI is InChI=1S/C14H20N2O/c1-10(17)11-5-4-6-13(7-11)16-9-12(15)8-14(16,2)3/h4-7,12H,8-9,15H2,1-3H3. The fourth-order valence-electron chi connectivity index (χ4n) is 2.65. The highest BCUT2D eigenvalue weighted by molar-refractivity contribution is 5.95. The van der Waals surface area contributed by atoms with E-state index in [2.05, 4.69) is 18.7 Å². The quantitative estimate of drug-likeness (QED) is 0.795. The molecule has 1 aliphatic rings. The van der Waals surface area contributed by atoms with E-state index in [0.717, 1.165) is 24.2 Å². The zero-order chi connectivity index (χ0) is 12.6. The Kier molecular flexibility index (Phi) is 2.96. The highest BCUT2D eigenvalue weighted by atomic mass is 16.1. The van der Waals surface area contributed by atoms with Crippen molar-refractivity contribution in [3.8, 4) is 0 Å². The van der Waals surface area contributed by atoms with Gasteiger partial charge in [0, 0.05) is 29.4 Å². The van der Waals surface area contributed by atoms with Gasteiger partial charge in [-0.1, -0.05) is 12.1 Å². The molecule has 92 valence electrons. The summed E-state index contributed by atoms with van der Waals surface area (Å²) in [5.74, 6) is 0.105. The van der Waals surface area contributed by atoms with Gasteiger partial charge in [-0.15, -0.1) is 0 Å². The molecule has 3 nitrogen and oxygen atoms in total. The topological polar surface area (TPSA) is 46.3 Å². The SMILES string of the molecule is CC(=O)c1cccc(N2CC(N)CC2(C)C)c1. The van der Waals surface area contributed by atoms with Crippen LogP contribution in [-0.2, 0) is 0 Å². The van der Waals surface area contributed by atoms with Crippen LogP contribution in [0.1, 0.15) is 37.6 Å². The molecule has 3 heteroatoms. The van der Waals surface area contributed by atoms with Gasteiger partial charge in [-0.05, 0) is 39.3 Å². The molecule has 0 radical (unpaired) electrons. The minimum absolute atomic E-state index is 0.0643. The van der Waals surface area contributed by atoms with Gasteiger partial charge in [0.15, 0.2) is 5.78 Å². The fourth-order valence-corrected chi connectivity index (χ4v) is 2.65. The molecule has 0 aliphatic carbocycles. The van der Waals surface area contributed by atoms with Gasteiger partial charge in [-0.25, -0.2) is 0 Å².